The average Bonchev–Trinajstić information content (AvgIpc) is 2.00. The molecular formula is C7H13FN2S. The van der Waals surface area contributed by atoms with Gasteiger partial charge in [-0.25, -0.2) is 4.39 Å². The van der Waals surface area contributed by atoms with E-state index in [1.165, 1.54) is 0 Å². The third-order valence-electron chi connectivity index (χ3n) is 1.02. The fourth-order valence-electron chi connectivity index (χ4n) is 0.478. The second-order valence-electron chi connectivity index (χ2n) is 2.20. The van der Waals surface area contributed by atoms with E-state index in [9.17, 15) is 4.39 Å². The summed E-state index contributed by atoms with van der Waals surface area (Å²) in [6, 6.07) is -0.222. The van der Waals surface area contributed by atoms with Crippen LogP contribution in [0.3, 0.4) is 0 Å². The number of hydrogen-bond acceptors (Lipinski definition) is 1. The average molecular weight is 176 g/mol. The van der Waals surface area contributed by atoms with Crippen molar-refractivity contribution in [2.24, 2.45) is 0 Å². The largest absolute Gasteiger partial charge is 0.359 e. The lowest BCUT2D eigenvalue weighted by atomic mass is 10.4. The summed E-state index contributed by atoms with van der Waals surface area (Å²) in [7, 11) is 0. The van der Waals surface area contributed by atoms with Gasteiger partial charge in [0.05, 0.1) is 6.04 Å². The van der Waals surface area contributed by atoms with Crippen LogP contribution in [0.4, 0.5) is 4.39 Å². The zero-order valence-corrected chi connectivity index (χ0v) is 7.38. The molecule has 0 aliphatic rings. The van der Waals surface area contributed by atoms with E-state index in [-0.39, 0.29) is 6.04 Å². The molecule has 4 heteroatoms. The summed E-state index contributed by atoms with van der Waals surface area (Å²) in [4.78, 5) is 0. The third kappa shape index (κ3) is 5.79. The van der Waals surface area contributed by atoms with Gasteiger partial charge >= 0.3 is 0 Å². The second kappa shape index (κ2) is 6.09. The van der Waals surface area contributed by atoms with E-state index in [1.807, 2.05) is 0 Å². The molecule has 2 N–H and O–H groups in total. The topological polar surface area (TPSA) is 24.1 Å². The summed E-state index contributed by atoms with van der Waals surface area (Å²) in [5.41, 5.74) is 0. The molecule has 1 atom stereocenters. The zero-order chi connectivity index (χ0) is 8.69. The van der Waals surface area contributed by atoms with Gasteiger partial charge in [0.15, 0.2) is 5.11 Å². The number of hydrogen-bond donors (Lipinski definition) is 2. The highest BCUT2D eigenvalue weighted by molar-refractivity contribution is 7.80. The Hall–Kier alpha value is -0.640. The van der Waals surface area contributed by atoms with Crippen molar-refractivity contribution in [3.63, 3.8) is 0 Å². The zero-order valence-electron chi connectivity index (χ0n) is 6.56. The van der Waals surface area contributed by atoms with Crippen LogP contribution in [0.5, 0.6) is 0 Å². The molecule has 0 saturated heterocycles. The molecule has 0 fully saturated rings. The smallest absolute Gasteiger partial charge is 0.166 e. The maximum atomic E-state index is 11.9. The van der Waals surface area contributed by atoms with Crippen LogP contribution in [0.25, 0.3) is 0 Å². The Balaban J connectivity index is 3.43. The molecule has 0 rings (SSSR count). The summed E-state index contributed by atoms with van der Waals surface area (Å²) in [5.74, 6) is 0. The van der Waals surface area contributed by atoms with E-state index in [4.69, 9.17) is 12.2 Å². The molecule has 0 aliphatic carbocycles. The molecule has 0 radical (unpaired) electrons. The maximum Gasteiger partial charge on any atom is 0.166 e. The van der Waals surface area contributed by atoms with Gasteiger partial charge < -0.3 is 10.6 Å². The molecule has 2 nitrogen and oxygen atoms in total. The van der Waals surface area contributed by atoms with Crippen molar-refractivity contribution in [2.75, 3.05) is 13.2 Å². The Bertz CT molecular complexity index is 138. The van der Waals surface area contributed by atoms with Crippen molar-refractivity contribution >= 4 is 17.3 Å². The van der Waals surface area contributed by atoms with Crippen molar-refractivity contribution in [1.82, 2.24) is 10.6 Å². The minimum absolute atomic E-state index is 0.222. The van der Waals surface area contributed by atoms with Gasteiger partial charge in [0.2, 0.25) is 0 Å². The summed E-state index contributed by atoms with van der Waals surface area (Å²) in [5, 5.41) is 6.06. The van der Waals surface area contributed by atoms with E-state index in [0.29, 0.717) is 11.7 Å². The van der Waals surface area contributed by atoms with Crippen LogP contribution >= 0.6 is 12.2 Å². The number of halogens is 1. The molecule has 11 heavy (non-hydrogen) atoms. The van der Waals surface area contributed by atoms with E-state index in [1.54, 1.807) is 13.0 Å². The molecule has 0 amide bonds. The Kier molecular flexibility index (Phi) is 5.74. The van der Waals surface area contributed by atoms with Crippen molar-refractivity contribution in [1.29, 1.82) is 0 Å². The monoisotopic (exact) mass is 176 g/mol. The Morgan fingerprint density at radius 3 is 2.91 bits per heavy atom. The van der Waals surface area contributed by atoms with Crippen LogP contribution in [0.1, 0.15) is 6.92 Å². The highest BCUT2D eigenvalue weighted by atomic mass is 32.1. The molecule has 1 unspecified atom stereocenters. The van der Waals surface area contributed by atoms with Gasteiger partial charge in [-0.1, -0.05) is 6.08 Å². The van der Waals surface area contributed by atoms with Crippen LogP contribution in [0, 0.1) is 0 Å². The van der Waals surface area contributed by atoms with Crippen LogP contribution in [-0.4, -0.2) is 24.4 Å². The number of nitrogens with one attached hydrogen (secondary N) is 2. The van der Waals surface area contributed by atoms with Crippen LogP contribution in [0.15, 0.2) is 12.7 Å². The van der Waals surface area contributed by atoms with Crippen molar-refractivity contribution in [2.45, 2.75) is 13.0 Å². The van der Waals surface area contributed by atoms with Crippen LogP contribution in [0.2, 0.25) is 0 Å². The number of thiocarbonyl (C=S) groups is 1. The van der Waals surface area contributed by atoms with Crippen molar-refractivity contribution < 1.29 is 4.39 Å². The number of rotatable bonds is 4. The Morgan fingerprint density at radius 2 is 2.45 bits per heavy atom. The van der Waals surface area contributed by atoms with E-state index in [0.717, 1.165) is 0 Å². The molecule has 0 aliphatic heterocycles. The molecule has 0 spiro atoms. The number of alkyl halides is 1. The van der Waals surface area contributed by atoms with Gasteiger partial charge in [0, 0.05) is 6.54 Å². The molecule has 0 aromatic rings. The SMILES string of the molecule is C=CCNC(=S)NC(C)CF. The Labute approximate surface area is 71.9 Å². The fourth-order valence-corrected chi connectivity index (χ4v) is 0.763. The molecule has 0 saturated carbocycles. The van der Waals surface area contributed by atoms with Gasteiger partial charge in [0.25, 0.3) is 0 Å². The van der Waals surface area contributed by atoms with Gasteiger partial charge in [-0.2, -0.15) is 0 Å². The lowest BCUT2D eigenvalue weighted by molar-refractivity contribution is 0.424. The lowest BCUT2D eigenvalue weighted by Crippen LogP contribution is -2.41. The summed E-state index contributed by atoms with van der Waals surface area (Å²) in [6.07, 6.45) is 1.69. The lowest BCUT2D eigenvalue weighted by Gasteiger charge is -2.12. The highest BCUT2D eigenvalue weighted by Gasteiger charge is 2.00. The highest BCUT2D eigenvalue weighted by Crippen LogP contribution is 1.81. The molecule has 0 heterocycles. The van der Waals surface area contributed by atoms with Crippen LogP contribution < -0.4 is 10.6 Å². The molecule has 0 bridgehead atoms. The van der Waals surface area contributed by atoms with E-state index < -0.39 is 6.67 Å². The van der Waals surface area contributed by atoms with E-state index in [2.05, 4.69) is 17.2 Å². The minimum atomic E-state index is -0.421. The molecule has 0 aromatic heterocycles. The standard InChI is InChI=1S/C7H13FN2S/c1-3-4-9-7(11)10-6(2)5-8/h3,6H,1,4-5H2,2H3,(H2,9,10,11). The molecule has 64 valence electrons. The molecular weight excluding hydrogens is 163 g/mol. The molecule has 0 aromatic carbocycles. The van der Waals surface area contributed by atoms with Gasteiger partial charge in [-0.05, 0) is 19.1 Å². The van der Waals surface area contributed by atoms with Crippen LogP contribution in [-0.2, 0) is 0 Å². The first kappa shape index (κ1) is 10.4. The fraction of sp³-hybridized carbons (Fsp3) is 0.571. The summed E-state index contributed by atoms with van der Waals surface area (Å²) >= 11 is 4.83. The van der Waals surface area contributed by atoms with Crippen molar-refractivity contribution in [3.05, 3.63) is 12.7 Å². The minimum Gasteiger partial charge on any atom is -0.359 e. The summed E-state index contributed by atoms with van der Waals surface area (Å²) in [6.45, 7) is 5.41. The predicted octanol–water partition coefficient (Wildman–Crippen LogP) is 0.994. The Morgan fingerprint density at radius 1 is 1.82 bits per heavy atom. The quantitative estimate of drug-likeness (QED) is 0.493. The first-order chi connectivity index (χ1) is 5.20. The summed E-state index contributed by atoms with van der Waals surface area (Å²) < 4.78 is 11.9. The first-order valence-electron chi connectivity index (χ1n) is 3.42. The van der Waals surface area contributed by atoms with Gasteiger partial charge in [-0.3, -0.25) is 0 Å². The third-order valence-corrected chi connectivity index (χ3v) is 1.28. The van der Waals surface area contributed by atoms with Crippen molar-refractivity contribution in [3.8, 4) is 0 Å². The maximum absolute atomic E-state index is 11.9. The van der Waals surface area contributed by atoms with Gasteiger partial charge in [-0.15, -0.1) is 6.58 Å². The van der Waals surface area contributed by atoms with E-state index >= 15 is 0 Å². The second-order valence-corrected chi connectivity index (χ2v) is 2.61. The first-order valence-corrected chi connectivity index (χ1v) is 3.82. The predicted molar refractivity (Wildman–Crippen MR) is 49.4 cm³/mol. The normalized spacial score (nSPS) is 11.8. The van der Waals surface area contributed by atoms with Gasteiger partial charge in [0.1, 0.15) is 6.67 Å².